The van der Waals surface area contributed by atoms with Gasteiger partial charge in [-0.3, -0.25) is 15.0 Å². The van der Waals surface area contributed by atoms with Gasteiger partial charge in [0.15, 0.2) is 0 Å². The first-order valence-corrected chi connectivity index (χ1v) is 6.62. The van der Waals surface area contributed by atoms with E-state index in [0.29, 0.717) is 31.7 Å². The maximum atomic E-state index is 12.0. The topological polar surface area (TPSA) is 90.0 Å². The second kappa shape index (κ2) is 6.36. The Morgan fingerprint density at radius 3 is 2.00 bits per heavy atom. The molecule has 1 saturated heterocycles. The van der Waals surface area contributed by atoms with Crippen molar-refractivity contribution in [1.29, 1.82) is 0 Å². The Morgan fingerprint density at radius 1 is 1.00 bits per heavy atom. The number of rotatable bonds is 3. The predicted octanol–water partition coefficient (Wildman–Crippen LogP) is 0.194. The number of amides is 2. The minimum absolute atomic E-state index is 0.0326. The molecule has 7 nitrogen and oxygen atoms in total. The number of hydrogen-bond donors (Lipinski definition) is 2. The van der Waals surface area contributed by atoms with E-state index in [2.05, 4.69) is 5.43 Å². The molecule has 112 valence electrons. The minimum atomic E-state index is -1.03. The van der Waals surface area contributed by atoms with Crippen LogP contribution in [-0.2, 0) is 4.79 Å². The van der Waals surface area contributed by atoms with Crippen molar-refractivity contribution in [1.82, 2.24) is 15.3 Å². The summed E-state index contributed by atoms with van der Waals surface area (Å²) in [7, 11) is 0. The molecule has 0 aromatic heterocycles. The molecule has 1 fully saturated rings. The van der Waals surface area contributed by atoms with Crippen LogP contribution >= 0.6 is 0 Å². The quantitative estimate of drug-likeness (QED) is 0.830. The molecule has 2 N–H and O–H groups in total. The van der Waals surface area contributed by atoms with Gasteiger partial charge in [-0.1, -0.05) is 0 Å². The fraction of sp³-hybridized carbons (Fsp3) is 0.357. The van der Waals surface area contributed by atoms with Crippen LogP contribution in [0.25, 0.3) is 0 Å². The Hall–Kier alpha value is -2.41. The van der Waals surface area contributed by atoms with E-state index in [-0.39, 0.29) is 17.4 Å². The highest BCUT2D eigenvalue weighted by molar-refractivity contribution is 5.95. The molecule has 1 heterocycles. The van der Waals surface area contributed by atoms with Gasteiger partial charge in [0, 0.05) is 38.7 Å². The number of carboxylic acids is 1. The van der Waals surface area contributed by atoms with Crippen LogP contribution in [0.4, 0.5) is 0 Å². The first kappa shape index (κ1) is 15.0. The average molecular weight is 291 g/mol. The van der Waals surface area contributed by atoms with Crippen molar-refractivity contribution < 1.29 is 19.5 Å². The van der Waals surface area contributed by atoms with Crippen LogP contribution in [-0.4, -0.2) is 59.0 Å². The summed E-state index contributed by atoms with van der Waals surface area (Å²) >= 11 is 0. The number of nitrogens with one attached hydrogen (secondary N) is 1. The number of carboxylic acid groups (broad SMARTS) is 1. The fourth-order valence-corrected chi connectivity index (χ4v) is 2.11. The summed E-state index contributed by atoms with van der Waals surface area (Å²) in [6.45, 7) is 3.82. The number of piperazine rings is 1. The molecule has 0 bridgehead atoms. The monoisotopic (exact) mass is 291 g/mol. The number of hydrazine groups is 1. The summed E-state index contributed by atoms with van der Waals surface area (Å²) in [6, 6.07) is 5.74. The largest absolute Gasteiger partial charge is 0.478 e. The van der Waals surface area contributed by atoms with Gasteiger partial charge in [-0.25, -0.2) is 9.80 Å². The van der Waals surface area contributed by atoms with E-state index >= 15 is 0 Å². The van der Waals surface area contributed by atoms with Gasteiger partial charge in [-0.2, -0.15) is 0 Å². The van der Waals surface area contributed by atoms with E-state index in [1.807, 2.05) is 0 Å². The molecular weight excluding hydrogens is 274 g/mol. The molecule has 1 aliphatic rings. The fourth-order valence-electron chi connectivity index (χ4n) is 2.11. The first-order chi connectivity index (χ1) is 9.97. The summed E-state index contributed by atoms with van der Waals surface area (Å²) < 4.78 is 0. The smallest absolute Gasteiger partial charge is 0.335 e. The van der Waals surface area contributed by atoms with Crippen LogP contribution < -0.4 is 5.43 Å². The van der Waals surface area contributed by atoms with Gasteiger partial charge in [-0.05, 0) is 24.3 Å². The lowest BCUT2D eigenvalue weighted by molar-refractivity contribution is -0.130. The Labute approximate surface area is 122 Å². The first-order valence-electron chi connectivity index (χ1n) is 6.62. The molecule has 1 aromatic carbocycles. The van der Waals surface area contributed by atoms with Crippen LogP contribution in [0.5, 0.6) is 0 Å². The van der Waals surface area contributed by atoms with Crippen molar-refractivity contribution in [2.24, 2.45) is 0 Å². The molecule has 2 amide bonds. The molecule has 0 aliphatic carbocycles. The number of carbonyl (C=O) groups excluding carboxylic acids is 2. The summed E-state index contributed by atoms with van der Waals surface area (Å²) in [6.07, 6.45) is 0. The molecule has 0 unspecified atom stereocenters. The Bertz CT molecular complexity index is 548. The van der Waals surface area contributed by atoms with Gasteiger partial charge in [0.1, 0.15) is 0 Å². The highest BCUT2D eigenvalue weighted by atomic mass is 16.4. The molecule has 1 aromatic rings. The molecule has 1 aliphatic heterocycles. The highest BCUT2D eigenvalue weighted by Gasteiger charge is 2.20. The second-order valence-corrected chi connectivity index (χ2v) is 4.82. The normalized spacial score (nSPS) is 15.6. The zero-order valence-electron chi connectivity index (χ0n) is 11.7. The number of carbonyl (C=O) groups is 3. The zero-order valence-corrected chi connectivity index (χ0v) is 11.7. The summed E-state index contributed by atoms with van der Waals surface area (Å²) in [5.41, 5.74) is 3.29. The zero-order chi connectivity index (χ0) is 15.4. The third kappa shape index (κ3) is 3.79. The standard InChI is InChI=1S/C14H17N3O4/c1-10(18)16-6-8-17(9-7-16)15-13(19)11-2-4-12(5-3-11)14(20)21/h2-5H,6-9H2,1H3,(H,15,19)(H,20,21). The van der Waals surface area contributed by atoms with Gasteiger partial charge in [-0.15, -0.1) is 0 Å². The SMILES string of the molecule is CC(=O)N1CCN(NC(=O)c2ccc(C(=O)O)cc2)CC1. The number of benzene rings is 1. The van der Waals surface area contributed by atoms with Crippen LogP contribution in [0.3, 0.4) is 0 Å². The van der Waals surface area contributed by atoms with Gasteiger partial charge in [0.2, 0.25) is 5.91 Å². The molecule has 7 heteroatoms. The van der Waals surface area contributed by atoms with Crippen molar-refractivity contribution in [3.63, 3.8) is 0 Å². The maximum absolute atomic E-state index is 12.0. The molecule has 2 rings (SSSR count). The van der Waals surface area contributed by atoms with Gasteiger partial charge < -0.3 is 10.0 Å². The Balaban J connectivity index is 1.90. The maximum Gasteiger partial charge on any atom is 0.335 e. The highest BCUT2D eigenvalue weighted by Crippen LogP contribution is 2.06. The lowest BCUT2D eigenvalue weighted by Gasteiger charge is -2.34. The van der Waals surface area contributed by atoms with E-state index in [4.69, 9.17) is 5.11 Å². The van der Waals surface area contributed by atoms with Crippen molar-refractivity contribution in [3.8, 4) is 0 Å². The van der Waals surface area contributed by atoms with Crippen molar-refractivity contribution >= 4 is 17.8 Å². The van der Waals surface area contributed by atoms with Crippen molar-refractivity contribution in [2.75, 3.05) is 26.2 Å². The third-order valence-corrected chi connectivity index (χ3v) is 3.38. The predicted molar refractivity (Wildman–Crippen MR) is 74.7 cm³/mol. The number of aromatic carboxylic acids is 1. The Kier molecular flexibility index (Phi) is 4.54. The van der Waals surface area contributed by atoms with Gasteiger partial charge in [0.25, 0.3) is 5.91 Å². The lowest BCUT2D eigenvalue weighted by atomic mass is 10.1. The lowest BCUT2D eigenvalue weighted by Crippen LogP contribution is -2.54. The summed E-state index contributed by atoms with van der Waals surface area (Å²) in [5.74, 6) is -1.28. The van der Waals surface area contributed by atoms with Crippen LogP contribution in [0, 0.1) is 0 Å². The van der Waals surface area contributed by atoms with Crippen molar-refractivity contribution in [2.45, 2.75) is 6.92 Å². The molecule has 21 heavy (non-hydrogen) atoms. The molecular formula is C14H17N3O4. The molecule has 0 radical (unpaired) electrons. The minimum Gasteiger partial charge on any atom is -0.478 e. The van der Waals surface area contributed by atoms with Gasteiger partial charge >= 0.3 is 5.97 Å². The van der Waals surface area contributed by atoms with Crippen LogP contribution in [0.15, 0.2) is 24.3 Å². The van der Waals surface area contributed by atoms with E-state index in [0.717, 1.165) is 0 Å². The molecule has 0 saturated carbocycles. The van der Waals surface area contributed by atoms with Crippen LogP contribution in [0.2, 0.25) is 0 Å². The van der Waals surface area contributed by atoms with Crippen molar-refractivity contribution in [3.05, 3.63) is 35.4 Å². The summed E-state index contributed by atoms with van der Waals surface area (Å²) in [5, 5.41) is 10.6. The van der Waals surface area contributed by atoms with E-state index in [1.54, 1.807) is 9.91 Å². The Morgan fingerprint density at radius 2 is 1.52 bits per heavy atom. The van der Waals surface area contributed by atoms with Gasteiger partial charge in [0.05, 0.1) is 5.56 Å². The van der Waals surface area contributed by atoms with E-state index < -0.39 is 5.97 Å². The number of hydrogen-bond acceptors (Lipinski definition) is 4. The van der Waals surface area contributed by atoms with Crippen LogP contribution in [0.1, 0.15) is 27.6 Å². The van der Waals surface area contributed by atoms with E-state index in [1.165, 1.54) is 31.2 Å². The molecule has 0 spiro atoms. The summed E-state index contributed by atoms with van der Waals surface area (Å²) in [4.78, 5) is 35.7. The molecule has 0 atom stereocenters. The third-order valence-electron chi connectivity index (χ3n) is 3.38. The average Bonchev–Trinajstić information content (AvgIpc) is 2.47. The number of nitrogens with zero attached hydrogens (tertiary/aromatic N) is 2. The second-order valence-electron chi connectivity index (χ2n) is 4.82. The van der Waals surface area contributed by atoms with E-state index in [9.17, 15) is 14.4 Å².